The van der Waals surface area contributed by atoms with Crippen molar-refractivity contribution in [1.29, 1.82) is 0 Å². The van der Waals surface area contributed by atoms with Crippen LogP contribution in [0, 0.1) is 6.92 Å². The minimum Gasteiger partial charge on any atom is -0.457 e. The Morgan fingerprint density at radius 1 is 0.393 bits per heavy atom. The predicted molar refractivity (Wildman–Crippen MR) is 266 cm³/mol. The fourth-order valence-electron chi connectivity index (χ4n) is 9.66. The van der Waals surface area contributed by atoms with Gasteiger partial charge in [0.1, 0.15) is 11.2 Å². The van der Waals surface area contributed by atoms with E-state index in [1.54, 1.807) is 0 Å². The van der Waals surface area contributed by atoms with Crippen molar-refractivity contribution in [3.8, 4) is 0 Å². The molecule has 0 aliphatic carbocycles. The number of hydrogen-bond donors (Lipinski definition) is 0. The first kappa shape index (κ1) is 41.2. The molecule has 3 heterocycles. The molecule has 61 heavy (non-hydrogen) atoms. The molecule has 3 nitrogen and oxygen atoms in total. The number of aryl methyl sites for hydroxylation is 1. The second-order valence-corrected chi connectivity index (χ2v) is 23.3. The Balaban J connectivity index is 1.44. The standard InChI is InChI=1S/C57H65BN2O/c1-34-27-47-50-48(28-34)60(41-30-38(56(11,12)13)29-39(31-41)57(14,15)16)46-25-23-42-43-32-36(54(5,6)7)20-26-49(43)61-52(42)51(46)58(50)44-33-37(55(8,9)10)19-24-45(44)59(47)40-21-17-35(18-22-40)53(2,3)4/h17-33H,1-16H3. The molecule has 2 aliphatic rings. The van der Waals surface area contributed by atoms with E-state index in [1.165, 1.54) is 94.7 Å². The molecular formula is C57H65BN2O. The van der Waals surface area contributed by atoms with Gasteiger partial charge in [-0.25, -0.2) is 0 Å². The maximum Gasteiger partial charge on any atom is 0.257 e. The lowest BCUT2D eigenvalue weighted by atomic mass is 9.33. The molecule has 0 radical (unpaired) electrons. The van der Waals surface area contributed by atoms with Crippen molar-refractivity contribution in [2.75, 3.05) is 9.80 Å². The number of rotatable bonds is 2. The summed E-state index contributed by atoms with van der Waals surface area (Å²) >= 11 is 0. The zero-order chi connectivity index (χ0) is 43.9. The molecule has 0 bridgehead atoms. The molecule has 0 N–H and O–H groups in total. The number of furan rings is 1. The largest absolute Gasteiger partial charge is 0.457 e. The van der Waals surface area contributed by atoms with Crippen LogP contribution in [0.3, 0.4) is 0 Å². The van der Waals surface area contributed by atoms with Gasteiger partial charge in [-0.1, -0.05) is 140 Å². The average Bonchev–Trinajstić information content (AvgIpc) is 3.54. The quantitative estimate of drug-likeness (QED) is 0.162. The molecule has 9 rings (SSSR count). The zero-order valence-corrected chi connectivity index (χ0v) is 39.7. The number of anilines is 6. The van der Waals surface area contributed by atoms with Gasteiger partial charge in [-0.3, -0.25) is 0 Å². The van der Waals surface area contributed by atoms with Gasteiger partial charge in [0.15, 0.2) is 0 Å². The summed E-state index contributed by atoms with van der Waals surface area (Å²) in [5, 5.41) is 2.35. The molecule has 0 atom stereocenters. The van der Waals surface area contributed by atoms with Gasteiger partial charge in [-0.2, -0.15) is 0 Å². The molecule has 0 spiro atoms. The zero-order valence-electron chi connectivity index (χ0n) is 39.7. The molecule has 0 unspecified atom stereocenters. The first-order chi connectivity index (χ1) is 28.3. The van der Waals surface area contributed by atoms with Gasteiger partial charge in [0.2, 0.25) is 0 Å². The third kappa shape index (κ3) is 6.80. The Morgan fingerprint density at radius 2 is 0.885 bits per heavy atom. The van der Waals surface area contributed by atoms with Crippen LogP contribution in [-0.2, 0) is 27.1 Å². The van der Waals surface area contributed by atoms with Crippen molar-refractivity contribution in [2.45, 2.75) is 138 Å². The molecule has 0 saturated carbocycles. The van der Waals surface area contributed by atoms with Gasteiger partial charge in [0.05, 0.1) is 0 Å². The molecular weight excluding hydrogens is 739 g/mol. The van der Waals surface area contributed by atoms with Crippen molar-refractivity contribution in [2.24, 2.45) is 0 Å². The maximum atomic E-state index is 7.22. The van der Waals surface area contributed by atoms with Crippen molar-refractivity contribution in [1.82, 2.24) is 0 Å². The van der Waals surface area contributed by atoms with Crippen LogP contribution < -0.4 is 26.2 Å². The number of hydrogen-bond acceptors (Lipinski definition) is 3. The predicted octanol–water partition coefficient (Wildman–Crippen LogP) is 14.5. The topological polar surface area (TPSA) is 19.6 Å². The van der Waals surface area contributed by atoms with Crippen LogP contribution in [0.15, 0.2) is 108 Å². The van der Waals surface area contributed by atoms with Crippen LogP contribution in [0.25, 0.3) is 21.9 Å². The molecule has 2 aliphatic heterocycles. The fraction of sp³-hybridized carbons (Fsp3) is 0.368. The monoisotopic (exact) mass is 805 g/mol. The molecule has 7 aromatic rings. The molecule has 0 saturated heterocycles. The Hall–Kier alpha value is -5.22. The lowest BCUT2D eigenvalue weighted by Crippen LogP contribution is -2.61. The van der Waals surface area contributed by atoms with E-state index in [1.807, 2.05) is 0 Å². The van der Waals surface area contributed by atoms with Gasteiger partial charge in [-0.05, 0) is 150 Å². The number of nitrogens with zero attached hydrogens (tertiary/aromatic N) is 2. The van der Waals surface area contributed by atoms with Crippen molar-refractivity contribution in [3.05, 3.63) is 137 Å². The summed E-state index contributed by atoms with van der Waals surface area (Å²) < 4.78 is 7.22. The van der Waals surface area contributed by atoms with Crippen molar-refractivity contribution >= 4 is 79.2 Å². The SMILES string of the molecule is Cc1cc2c3c(c1)N(c1cc(C(C)(C)C)cc(C(C)(C)C)c1)c1ccc4c(oc5ccc(C(C)(C)C)cc54)c1B3c1cc(C(C)(C)C)ccc1N2c1ccc(C(C)(C)C)cc1. The van der Waals surface area contributed by atoms with E-state index in [0.717, 1.165) is 11.2 Å². The van der Waals surface area contributed by atoms with Crippen LogP contribution in [0.2, 0.25) is 0 Å². The summed E-state index contributed by atoms with van der Waals surface area (Å²) in [5.41, 5.74) is 20.8. The summed E-state index contributed by atoms with van der Waals surface area (Å²) in [6.45, 7) is 37.0. The van der Waals surface area contributed by atoms with E-state index >= 15 is 0 Å². The highest BCUT2D eigenvalue weighted by Gasteiger charge is 2.46. The first-order valence-electron chi connectivity index (χ1n) is 22.5. The van der Waals surface area contributed by atoms with Crippen LogP contribution in [-0.4, -0.2) is 6.71 Å². The van der Waals surface area contributed by atoms with E-state index in [4.69, 9.17) is 4.42 Å². The minimum absolute atomic E-state index is 0.0114. The van der Waals surface area contributed by atoms with Crippen LogP contribution in [0.5, 0.6) is 0 Å². The molecule has 4 heteroatoms. The highest BCUT2D eigenvalue weighted by Crippen LogP contribution is 2.48. The molecule has 1 aromatic heterocycles. The van der Waals surface area contributed by atoms with Crippen LogP contribution in [0.4, 0.5) is 34.1 Å². The molecule has 6 aromatic carbocycles. The fourth-order valence-corrected chi connectivity index (χ4v) is 9.66. The summed E-state index contributed by atoms with van der Waals surface area (Å²) in [4.78, 5) is 5.12. The third-order valence-electron chi connectivity index (χ3n) is 13.4. The van der Waals surface area contributed by atoms with Gasteiger partial charge < -0.3 is 14.2 Å². The molecule has 0 amide bonds. The van der Waals surface area contributed by atoms with Crippen LogP contribution in [0.1, 0.15) is 137 Å². The first-order valence-corrected chi connectivity index (χ1v) is 22.5. The Bertz CT molecular complexity index is 2860. The van der Waals surface area contributed by atoms with Crippen LogP contribution >= 0.6 is 0 Å². The normalized spacial score (nSPS) is 14.5. The lowest BCUT2D eigenvalue weighted by molar-refractivity contribution is 0.568. The summed E-state index contributed by atoms with van der Waals surface area (Å²) in [6, 6.07) is 40.3. The van der Waals surface area contributed by atoms with Gasteiger partial charge >= 0.3 is 0 Å². The smallest absolute Gasteiger partial charge is 0.257 e. The Morgan fingerprint density at radius 3 is 1.44 bits per heavy atom. The maximum absolute atomic E-state index is 7.22. The number of benzene rings is 6. The van der Waals surface area contributed by atoms with Gasteiger partial charge in [0.25, 0.3) is 6.71 Å². The van der Waals surface area contributed by atoms with Crippen molar-refractivity contribution in [3.63, 3.8) is 0 Å². The minimum atomic E-state index is -0.0708. The van der Waals surface area contributed by atoms with E-state index in [9.17, 15) is 0 Å². The summed E-state index contributed by atoms with van der Waals surface area (Å²) in [5.74, 6) is 0. The van der Waals surface area contributed by atoms with E-state index < -0.39 is 0 Å². The highest BCUT2D eigenvalue weighted by atomic mass is 16.3. The second kappa shape index (κ2) is 13.4. The molecule has 312 valence electrons. The highest BCUT2D eigenvalue weighted by molar-refractivity contribution is 7.01. The lowest BCUT2D eigenvalue weighted by Gasteiger charge is -2.45. The Labute approximate surface area is 366 Å². The number of fused-ring (bicyclic) bond motifs is 8. The van der Waals surface area contributed by atoms with E-state index in [2.05, 4.69) is 224 Å². The van der Waals surface area contributed by atoms with E-state index in [-0.39, 0.29) is 33.8 Å². The third-order valence-corrected chi connectivity index (χ3v) is 13.4. The van der Waals surface area contributed by atoms with Crippen molar-refractivity contribution < 1.29 is 4.42 Å². The molecule has 0 fully saturated rings. The summed E-state index contributed by atoms with van der Waals surface area (Å²) in [7, 11) is 0. The van der Waals surface area contributed by atoms with E-state index in [0.29, 0.717) is 0 Å². The Kier molecular flexibility index (Phi) is 9.03. The average molecular weight is 805 g/mol. The van der Waals surface area contributed by atoms with Gasteiger partial charge in [-0.15, -0.1) is 0 Å². The summed E-state index contributed by atoms with van der Waals surface area (Å²) in [6.07, 6.45) is 0. The van der Waals surface area contributed by atoms with Gasteiger partial charge in [0, 0.05) is 44.9 Å². The second-order valence-electron chi connectivity index (χ2n) is 23.3.